The summed E-state index contributed by atoms with van der Waals surface area (Å²) in [5, 5.41) is 8.05. The second-order valence-corrected chi connectivity index (χ2v) is 67.8. The molecule has 43 nitrogen and oxygen atoms in total. The molecule has 0 aliphatic rings. The fraction of sp³-hybridized carbons (Fsp3) is 0.677. The molecule has 0 bridgehead atoms. The van der Waals surface area contributed by atoms with E-state index in [1.54, 1.807) is 204 Å². The Labute approximate surface area is 892 Å². The van der Waals surface area contributed by atoms with Crippen LogP contribution in [0.4, 0.5) is 0 Å². The zero-order chi connectivity index (χ0) is 117. The molecule has 0 aromatic heterocycles. The van der Waals surface area contributed by atoms with Gasteiger partial charge in [-0.25, -0.2) is 42.7 Å². The maximum absolute atomic E-state index is 13.1. The zero-order valence-electron chi connectivity index (χ0n) is 93.1. The van der Waals surface area contributed by atoms with Gasteiger partial charge < -0.3 is 90.1 Å². The number of hydrogen-bond donors (Lipinski definition) is 13. The Balaban J connectivity index is -0.000000819. The van der Waals surface area contributed by atoms with E-state index in [0.29, 0.717) is 59.6 Å². The molecule has 4 aromatic carbocycles. The molecule has 10 atom stereocenters. The number of carbonyl (C=O) groups is 6. The third-order valence-electron chi connectivity index (χ3n) is 19.6. The molecule has 0 fully saturated rings. The van der Waals surface area contributed by atoms with Crippen LogP contribution < -0.4 is 38.4 Å². The van der Waals surface area contributed by atoms with Gasteiger partial charge in [0.05, 0.1) is 82.9 Å². The summed E-state index contributed by atoms with van der Waals surface area (Å²) in [6, 6.07) is 34.4. The summed E-state index contributed by atoms with van der Waals surface area (Å²) in [5.74, 6) is 1.92. The Morgan fingerprint density at radius 3 is 0.859 bits per heavy atom. The number of ether oxygens (including phenoxy) is 4. The summed E-state index contributed by atoms with van der Waals surface area (Å²) in [6.45, 7) is 62.2. The summed E-state index contributed by atoms with van der Waals surface area (Å²) in [4.78, 5) is 148. The van der Waals surface area contributed by atoms with Gasteiger partial charge in [0, 0.05) is 23.8 Å². The van der Waals surface area contributed by atoms with Gasteiger partial charge >= 0.3 is 108 Å². The van der Waals surface area contributed by atoms with Gasteiger partial charge in [0.1, 0.15) is 46.2 Å². The lowest BCUT2D eigenvalue weighted by Gasteiger charge is -2.32. The van der Waals surface area contributed by atoms with Gasteiger partial charge in [-0.05, 0) is 185 Å². The van der Waals surface area contributed by atoms with Crippen LogP contribution in [0.5, 0.6) is 23.0 Å². The molecule has 0 amide bonds. The highest BCUT2D eigenvalue weighted by Gasteiger charge is 2.48. The van der Waals surface area contributed by atoms with Gasteiger partial charge in [-0.15, -0.1) is 0 Å². The first-order valence-electron chi connectivity index (χ1n) is 48.0. The quantitative estimate of drug-likeness (QED) is 0.00845. The number of para-hydroxylation sites is 4. The predicted octanol–water partition coefficient (Wildman–Crippen LogP) is 24.3. The minimum atomic E-state index is -5.31. The van der Waals surface area contributed by atoms with E-state index in [9.17, 15) is 83.9 Å². The van der Waals surface area contributed by atoms with Crippen molar-refractivity contribution < 1.29 is 182 Å². The fourth-order valence-electron chi connectivity index (χ4n) is 9.39. The topological polar surface area (TPSA) is 640 Å². The molecule has 0 radical (unpaired) electrons. The van der Waals surface area contributed by atoms with Crippen LogP contribution in [0.15, 0.2) is 121 Å². The van der Waals surface area contributed by atoms with Gasteiger partial charge in [0.25, 0.3) is 0 Å². The maximum atomic E-state index is 13.1. The summed E-state index contributed by atoms with van der Waals surface area (Å²) in [7, 11) is -44.4. The normalized spacial score (nSPS) is 15.8. The van der Waals surface area contributed by atoms with Crippen LogP contribution >= 0.6 is 107 Å². The van der Waals surface area contributed by atoms with Crippen LogP contribution in [0.25, 0.3) is 0 Å². The molecule has 0 aliphatic heterocycles. The average molecular weight is 2380 g/mol. The highest BCUT2D eigenvalue weighted by atomic mass is 32.2. The number of benzene rings is 4. The molecule has 0 spiro atoms. The van der Waals surface area contributed by atoms with E-state index in [-0.39, 0.29) is 64.5 Å². The molecule has 0 heterocycles. The van der Waals surface area contributed by atoms with E-state index < -0.39 is 152 Å². The number of hydrogen-bond acceptors (Lipinski definition) is 32. The van der Waals surface area contributed by atoms with E-state index in [1.165, 1.54) is 81.0 Å². The van der Waals surface area contributed by atoms with Crippen molar-refractivity contribution in [3.05, 3.63) is 121 Å². The Morgan fingerprint density at radius 1 is 0.356 bits per heavy atom. The van der Waals surface area contributed by atoms with Crippen LogP contribution in [-0.4, -0.2) is 196 Å². The molecule has 13 N–H and O–H groups in total. The van der Waals surface area contributed by atoms with E-state index >= 15 is 0 Å². The number of thioether (sulfide) groups is 2. The first-order chi connectivity index (χ1) is 67.3. The largest absolute Gasteiger partial charge is 0.488 e. The van der Waals surface area contributed by atoms with Crippen molar-refractivity contribution >= 4 is 142 Å². The lowest BCUT2D eigenvalue weighted by Crippen LogP contribution is -2.48. The summed E-state index contributed by atoms with van der Waals surface area (Å²) < 4.78 is 195. The molecule has 0 aliphatic carbocycles. The predicted molar refractivity (Wildman–Crippen MR) is 590 cm³/mol. The highest BCUT2D eigenvalue weighted by Crippen LogP contribution is 2.70. The summed E-state index contributed by atoms with van der Waals surface area (Å²) in [6.07, 6.45) is 3.63. The highest BCUT2D eigenvalue weighted by molar-refractivity contribution is 8.14. The minimum Gasteiger partial charge on any atom is -0.465 e. The molecule has 0 saturated carbocycles. The SMILES string of the molecule is CC(=O)SCCOP(=O)(OCCSC(=O)C(C)(C)C)C(C)C.CC(C)(C)P(=O)(O)O.CC(C)(C)P(=O)(O)OP(=O)(O)O.CC(C)(C)P(=O)(O)OP(=O)(O)OP(=O)(O)O.CC(C)OC(=O)C(C)(C)N[P@](=O)(Oc1ccccc1)C(C)C.CCC(CC)COC(=O)[C@H](C)N[P@@](=O)(Oc1ccccc1)C(C)C.CCC(CC)COC(=O)[C@H](C)N[P@](=O)(Oc1ccccc1)C(C)C.CCOC(=O)C(C)(C)N[P@](=O)(Oc1ccccc1)C(C)C. The molecule has 56 heteroatoms. The second kappa shape index (κ2) is 67.9. The van der Waals surface area contributed by atoms with Crippen molar-refractivity contribution in [3.8, 4) is 23.0 Å². The van der Waals surface area contributed by atoms with Crippen LogP contribution in [0.1, 0.15) is 275 Å². The van der Waals surface area contributed by atoms with Crippen molar-refractivity contribution in [1.82, 2.24) is 20.3 Å². The van der Waals surface area contributed by atoms with E-state index in [4.69, 9.17) is 85.2 Å². The smallest absolute Gasteiger partial charge is 0.465 e. The van der Waals surface area contributed by atoms with Crippen molar-refractivity contribution in [2.45, 2.75) is 348 Å². The number of nitrogens with one attached hydrogen (secondary N) is 4. The van der Waals surface area contributed by atoms with Crippen LogP contribution in [-0.2, 0) is 120 Å². The fourth-order valence-corrected chi connectivity index (χ4v) is 24.9. The van der Waals surface area contributed by atoms with E-state index in [2.05, 4.69) is 61.0 Å². The maximum Gasteiger partial charge on any atom is 0.488 e. The zero-order valence-corrected chi connectivity index (χ0v) is 105. The van der Waals surface area contributed by atoms with Crippen molar-refractivity contribution in [1.29, 1.82) is 0 Å². The van der Waals surface area contributed by atoms with Gasteiger partial charge in [-0.3, -0.25) is 65.3 Å². The number of phosphoric acid groups is 3. The molecule has 149 heavy (non-hydrogen) atoms. The number of rotatable bonds is 49. The minimum absolute atomic E-state index is 0.000917. The summed E-state index contributed by atoms with van der Waals surface area (Å²) in [5.41, 5.74) is -3.99. The standard InChI is InChI=1S/2C18H30NO4P.C16H26NO4P.C15H24NO4P.C14H27O5PS2.C4H13O9P3.C4H12O6P2.C4H11O3P/c2*1-6-16(7-2)13-22-18(20)15(5)19-24(21,14(3)4)23-17-11-9-8-10-12-17;1-12(2)20-15(18)16(5,6)17-22(19,13(3)4)21-14-10-8-7-9-11-14;1-6-19-14(17)15(4,5)16-21(18,12(2)3)20-13-10-8-7-9-11-13;1-11(2)20(17,18-7-9-21-12(3)15)19-8-10-22-13(16)14(4,5)6;1-4(2,3)14(5,6)12-16(10,11)13-15(7,8)9;1-4(2,3)11(5,6)10-12(7,8)9;1-4(2,3)8(5,6)7/h2*8-12,14-16H,6-7,13H2,1-5H3,(H,19,21);7-13H,1-6H3,(H,17,19);7-12H,6H2,1-5H3,(H,16,18);11H,7-10H2,1-6H3;1-3H3,(H,5,6)(H,10,11)(H2,7,8,9);1-3H3,(H,5,6)(H2,7,8,9);1-3H3,(H2,5,6,7)/t15-,24+;15-,24-;22-;21-;;;;/m0011..../s1. The number of esters is 4. The summed E-state index contributed by atoms with van der Waals surface area (Å²) >= 11 is 2.31. The monoisotopic (exact) mass is 2370 g/mol. The lowest BCUT2D eigenvalue weighted by atomic mass is 10.00. The Kier molecular flexibility index (Phi) is 68.8. The third kappa shape index (κ3) is 64.5. The molecule has 0 saturated heterocycles. The van der Waals surface area contributed by atoms with Crippen molar-refractivity contribution in [2.75, 3.05) is 44.5 Å². The van der Waals surface area contributed by atoms with Crippen molar-refractivity contribution in [3.63, 3.8) is 0 Å². The molecular weight excluding hydrogens is 2200 g/mol. The van der Waals surface area contributed by atoms with Gasteiger partial charge in [0.15, 0.2) is 10.2 Å². The lowest BCUT2D eigenvalue weighted by molar-refractivity contribution is -0.153. The Hall–Kier alpha value is -4.19. The molecule has 866 valence electrons. The van der Waals surface area contributed by atoms with Gasteiger partial charge in [-0.1, -0.05) is 240 Å². The van der Waals surface area contributed by atoms with Crippen LogP contribution in [0, 0.1) is 17.3 Å². The Bertz CT molecular complexity index is 5090. The van der Waals surface area contributed by atoms with Crippen LogP contribution in [0.3, 0.4) is 0 Å². The Morgan fingerprint density at radius 2 is 0.631 bits per heavy atom. The van der Waals surface area contributed by atoms with Gasteiger partial charge in [-0.2, -0.15) is 4.31 Å². The molecule has 4 rings (SSSR count). The molecular formula is C93H173N4O39P11S2. The van der Waals surface area contributed by atoms with Gasteiger partial charge in [0.2, 0.25) is 0 Å². The molecule has 4 unspecified atom stereocenters. The first-order valence-corrected chi connectivity index (χ1v) is 67.7. The van der Waals surface area contributed by atoms with Crippen LogP contribution in [0.2, 0.25) is 0 Å². The number of carbonyl (C=O) groups excluding carboxylic acids is 6. The average Bonchev–Trinajstić information content (AvgIpc) is 0.799. The molecule has 4 aromatic rings. The first kappa shape index (κ1) is 151. The van der Waals surface area contributed by atoms with E-state index in [1.807, 2.05) is 69.3 Å². The van der Waals surface area contributed by atoms with E-state index in [0.717, 1.165) is 37.4 Å². The van der Waals surface area contributed by atoms with Crippen molar-refractivity contribution in [2.24, 2.45) is 17.3 Å². The second-order valence-electron chi connectivity index (χ2n) is 40.2. The third-order valence-corrected chi connectivity index (χ3v) is 44.8.